The molecule has 1 aromatic rings. The number of carboxylic acid groups (broad SMARTS) is 1. The van der Waals surface area contributed by atoms with Crippen LogP contribution in [0, 0.1) is 11.3 Å². The molecular weight excluding hydrogens is 220 g/mol. The summed E-state index contributed by atoms with van der Waals surface area (Å²) in [6.45, 7) is 0.940. The highest BCUT2D eigenvalue weighted by atomic mass is 16.5. The molecule has 5 nitrogen and oxygen atoms in total. The van der Waals surface area contributed by atoms with Gasteiger partial charge in [0.15, 0.2) is 0 Å². The van der Waals surface area contributed by atoms with Gasteiger partial charge in [-0.05, 0) is 17.7 Å². The lowest BCUT2D eigenvalue weighted by Gasteiger charge is -2.06. The minimum absolute atomic E-state index is 0.0846. The zero-order valence-corrected chi connectivity index (χ0v) is 9.56. The molecule has 0 aliphatic rings. The summed E-state index contributed by atoms with van der Waals surface area (Å²) in [5.41, 5.74) is 1.40. The normalized spacial score (nSPS) is 9.65. The van der Waals surface area contributed by atoms with Crippen molar-refractivity contribution >= 4 is 5.97 Å². The van der Waals surface area contributed by atoms with Gasteiger partial charge in [0.05, 0.1) is 19.1 Å². The van der Waals surface area contributed by atoms with E-state index in [1.54, 1.807) is 12.1 Å². The highest BCUT2D eigenvalue weighted by molar-refractivity contribution is 5.66. The molecule has 2 N–H and O–H groups in total. The van der Waals surface area contributed by atoms with Crippen molar-refractivity contribution in [2.45, 2.75) is 13.0 Å². The molecule has 1 rings (SSSR count). The van der Waals surface area contributed by atoms with E-state index in [-0.39, 0.29) is 6.42 Å². The molecule has 5 heteroatoms. The van der Waals surface area contributed by atoms with Gasteiger partial charge in [0.1, 0.15) is 11.8 Å². The number of carbonyl (C=O) groups is 1. The number of hydrogen-bond donors (Lipinski definition) is 2. The average molecular weight is 234 g/mol. The van der Waals surface area contributed by atoms with E-state index < -0.39 is 5.97 Å². The van der Waals surface area contributed by atoms with Crippen LogP contribution in [0.3, 0.4) is 0 Å². The van der Waals surface area contributed by atoms with Gasteiger partial charge in [-0.2, -0.15) is 5.26 Å². The molecule has 0 saturated heterocycles. The van der Waals surface area contributed by atoms with E-state index >= 15 is 0 Å². The number of ether oxygens (including phenoxy) is 1. The Morgan fingerprint density at radius 2 is 2.35 bits per heavy atom. The number of nitrogens with zero attached hydrogens (tertiary/aromatic N) is 1. The molecular formula is C12H14N2O3. The largest absolute Gasteiger partial charge is 0.495 e. The third-order valence-electron chi connectivity index (χ3n) is 2.23. The topological polar surface area (TPSA) is 82.3 Å². The lowest BCUT2D eigenvalue weighted by molar-refractivity contribution is -0.136. The second kappa shape index (κ2) is 6.51. The van der Waals surface area contributed by atoms with Crippen molar-refractivity contribution in [3.05, 3.63) is 29.3 Å². The van der Waals surface area contributed by atoms with E-state index in [1.807, 2.05) is 12.1 Å². The molecule has 0 aliphatic heterocycles. The molecule has 0 bridgehead atoms. The predicted octanol–water partition coefficient (Wildman–Crippen LogP) is 1.13. The Hall–Kier alpha value is -2.06. The fourth-order valence-electron chi connectivity index (χ4n) is 1.38. The van der Waals surface area contributed by atoms with Crippen molar-refractivity contribution in [2.24, 2.45) is 0 Å². The quantitative estimate of drug-likeness (QED) is 0.721. The minimum Gasteiger partial charge on any atom is -0.495 e. The first-order chi connectivity index (χ1) is 8.17. The molecule has 0 spiro atoms. The lowest BCUT2D eigenvalue weighted by Crippen LogP contribution is -2.17. The van der Waals surface area contributed by atoms with Crippen LogP contribution in [0.2, 0.25) is 0 Å². The number of nitriles is 1. The molecule has 0 amide bonds. The molecule has 0 aliphatic carbocycles. The second-order valence-corrected chi connectivity index (χ2v) is 3.47. The number of hydrogen-bond acceptors (Lipinski definition) is 4. The van der Waals surface area contributed by atoms with Crippen LogP contribution < -0.4 is 10.1 Å². The minimum atomic E-state index is -0.829. The number of aliphatic carboxylic acids is 1. The zero-order valence-electron chi connectivity index (χ0n) is 9.56. The van der Waals surface area contributed by atoms with Crippen molar-refractivity contribution < 1.29 is 14.6 Å². The lowest BCUT2D eigenvalue weighted by atomic mass is 10.1. The first-order valence-electron chi connectivity index (χ1n) is 5.17. The van der Waals surface area contributed by atoms with Gasteiger partial charge in [-0.15, -0.1) is 0 Å². The smallest absolute Gasteiger partial charge is 0.304 e. The van der Waals surface area contributed by atoms with E-state index in [2.05, 4.69) is 5.32 Å². The van der Waals surface area contributed by atoms with Crippen molar-refractivity contribution in [3.8, 4) is 11.8 Å². The molecule has 0 heterocycles. The number of carboxylic acids is 1. The second-order valence-electron chi connectivity index (χ2n) is 3.47. The van der Waals surface area contributed by atoms with Gasteiger partial charge in [-0.25, -0.2) is 0 Å². The average Bonchev–Trinajstić information content (AvgIpc) is 2.34. The summed E-state index contributed by atoms with van der Waals surface area (Å²) in [6.07, 6.45) is 0.0846. The van der Waals surface area contributed by atoms with Gasteiger partial charge in [0.2, 0.25) is 0 Å². The SMILES string of the molecule is COc1ccc(CNCCC(=O)O)cc1C#N. The fraction of sp³-hybridized carbons (Fsp3) is 0.333. The van der Waals surface area contributed by atoms with Gasteiger partial charge in [0, 0.05) is 13.1 Å². The summed E-state index contributed by atoms with van der Waals surface area (Å²) in [4.78, 5) is 10.3. The maximum absolute atomic E-state index is 10.3. The van der Waals surface area contributed by atoms with Crippen LogP contribution in [-0.4, -0.2) is 24.7 Å². The Morgan fingerprint density at radius 3 is 2.94 bits per heavy atom. The van der Waals surface area contributed by atoms with Crippen LogP contribution in [0.25, 0.3) is 0 Å². The fourth-order valence-corrected chi connectivity index (χ4v) is 1.38. The van der Waals surface area contributed by atoms with Crippen LogP contribution >= 0.6 is 0 Å². The van der Waals surface area contributed by atoms with E-state index in [4.69, 9.17) is 15.1 Å². The standard InChI is InChI=1S/C12H14N2O3/c1-17-11-3-2-9(6-10(11)7-13)8-14-5-4-12(15)16/h2-3,6,14H,4-5,8H2,1H3,(H,15,16). The third kappa shape index (κ3) is 4.13. The highest BCUT2D eigenvalue weighted by Crippen LogP contribution is 2.18. The maximum atomic E-state index is 10.3. The molecule has 0 radical (unpaired) electrons. The van der Waals surface area contributed by atoms with Crippen LogP contribution in [0.5, 0.6) is 5.75 Å². The molecule has 0 unspecified atom stereocenters. The van der Waals surface area contributed by atoms with Crippen LogP contribution in [0.1, 0.15) is 17.5 Å². The Kier molecular flexibility index (Phi) is 4.98. The maximum Gasteiger partial charge on any atom is 0.304 e. The summed E-state index contributed by atoms with van der Waals surface area (Å²) >= 11 is 0. The molecule has 90 valence electrons. The van der Waals surface area contributed by atoms with Gasteiger partial charge >= 0.3 is 5.97 Å². The third-order valence-corrected chi connectivity index (χ3v) is 2.23. The first-order valence-corrected chi connectivity index (χ1v) is 5.17. The Balaban J connectivity index is 2.55. The van der Waals surface area contributed by atoms with E-state index in [0.29, 0.717) is 24.4 Å². The summed E-state index contributed by atoms with van der Waals surface area (Å²) in [7, 11) is 1.51. The molecule has 0 fully saturated rings. The number of methoxy groups -OCH3 is 1. The first kappa shape index (κ1) is 13.0. The Bertz CT molecular complexity index is 438. The van der Waals surface area contributed by atoms with Crippen molar-refractivity contribution in [1.82, 2.24) is 5.32 Å². The highest BCUT2D eigenvalue weighted by Gasteiger charge is 2.03. The Labute approximate surface area is 99.6 Å². The van der Waals surface area contributed by atoms with E-state index in [9.17, 15) is 4.79 Å². The summed E-state index contributed by atoms with van der Waals surface area (Å²) < 4.78 is 5.03. The Morgan fingerprint density at radius 1 is 1.59 bits per heavy atom. The van der Waals surface area contributed by atoms with E-state index in [1.165, 1.54) is 7.11 Å². The van der Waals surface area contributed by atoms with Crippen molar-refractivity contribution in [2.75, 3.05) is 13.7 Å². The van der Waals surface area contributed by atoms with Crippen molar-refractivity contribution in [1.29, 1.82) is 5.26 Å². The number of nitrogens with one attached hydrogen (secondary N) is 1. The van der Waals surface area contributed by atoms with Crippen LogP contribution in [0.4, 0.5) is 0 Å². The molecule has 0 aromatic heterocycles. The summed E-state index contributed by atoms with van der Waals surface area (Å²) in [5, 5.41) is 20.3. The zero-order chi connectivity index (χ0) is 12.7. The predicted molar refractivity (Wildman–Crippen MR) is 61.7 cm³/mol. The molecule has 17 heavy (non-hydrogen) atoms. The summed E-state index contributed by atoms with van der Waals surface area (Å²) in [6, 6.07) is 7.35. The monoisotopic (exact) mass is 234 g/mol. The van der Waals surface area contributed by atoms with Gasteiger partial charge in [0.25, 0.3) is 0 Å². The summed E-state index contributed by atoms with van der Waals surface area (Å²) in [5.74, 6) is -0.285. The molecule has 0 saturated carbocycles. The number of benzene rings is 1. The molecule has 1 aromatic carbocycles. The van der Waals surface area contributed by atoms with Crippen molar-refractivity contribution in [3.63, 3.8) is 0 Å². The van der Waals surface area contributed by atoms with Crippen LogP contribution in [0.15, 0.2) is 18.2 Å². The number of rotatable bonds is 6. The molecule has 0 atom stereocenters. The van der Waals surface area contributed by atoms with Gasteiger partial charge in [-0.3, -0.25) is 4.79 Å². The van der Waals surface area contributed by atoms with Gasteiger partial charge in [-0.1, -0.05) is 6.07 Å². The van der Waals surface area contributed by atoms with Gasteiger partial charge < -0.3 is 15.2 Å². The van der Waals surface area contributed by atoms with E-state index in [0.717, 1.165) is 5.56 Å². The van der Waals surface area contributed by atoms with Crippen LogP contribution in [-0.2, 0) is 11.3 Å².